The summed E-state index contributed by atoms with van der Waals surface area (Å²) in [6.07, 6.45) is 0.979. The van der Waals surface area contributed by atoms with Crippen molar-refractivity contribution in [3.63, 3.8) is 0 Å². The van der Waals surface area contributed by atoms with Crippen LogP contribution in [0.4, 0.5) is 5.69 Å². The van der Waals surface area contributed by atoms with Gasteiger partial charge >= 0.3 is 0 Å². The summed E-state index contributed by atoms with van der Waals surface area (Å²) >= 11 is 0. The second kappa shape index (κ2) is 5.20. The van der Waals surface area contributed by atoms with Gasteiger partial charge in [-0.3, -0.25) is 4.79 Å². The molecule has 1 aromatic rings. The summed E-state index contributed by atoms with van der Waals surface area (Å²) < 4.78 is 10.6. The van der Waals surface area contributed by atoms with Gasteiger partial charge in [-0.15, -0.1) is 0 Å². The minimum atomic E-state index is -0.0314. The van der Waals surface area contributed by atoms with E-state index < -0.39 is 0 Å². The van der Waals surface area contributed by atoms with Crippen LogP contribution in [-0.2, 0) is 0 Å². The van der Waals surface area contributed by atoms with Gasteiger partial charge in [0.15, 0.2) is 11.5 Å². The minimum absolute atomic E-state index is 0.0314. The van der Waals surface area contributed by atoms with Crippen molar-refractivity contribution in [2.24, 2.45) is 0 Å². The third-order valence-electron chi connectivity index (χ3n) is 3.78. The zero-order chi connectivity index (χ0) is 14.1. The van der Waals surface area contributed by atoms with Gasteiger partial charge in [0.1, 0.15) is 0 Å². The number of carbonyl (C=O) groups excluding carboxylic acids is 1. The van der Waals surface area contributed by atoms with Gasteiger partial charge in [-0.05, 0) is 26.1 Å². The van der Waals surface area contributed by atoms with Crippen LogP contribution >= 0.6 is 0 Å². The van der Waals surface area contributed by atoms with E-state index in [4.69, 9.17) is 15.2 Å². The molecule has 2 aliphatic rings. The molecule has 2 aliphatic heterocycles. The largest absolute Gasteiger partial charge is 0.454 e. The summed E-state index contributed by atoms with van der Waals surface area (Å²) in [4.78, 5) is 16.7. The molecular weight excluding hydrogens is 258 g/mol. The molecule has 0 spiro atoms. The third kappa shape index (κ3) is 2.38. The first-order chi connectivity index (χ1) is 9.65. The van der Waals surface area contributed by atoms with E-state index in [1.807, 2.05) is 4.90 Å². The van der Waals surface area contributed by atoms with E-state index in [0.717, 1.165) is 32.6 Å². The van der Waals surface area contributed by atoms with E-state index >= 15 is 0 Å². The molecule has 3 rings (SSSR count). The van der Waals surface area contributed by atoms with Crippen LogP contribution in [0.25, 0.3) is 0 Å². The van der Waals surface area contributed by atoms with Crippen LogP contribution in [0.2, 0.25) is 0 Å². The highest BCUT2D eigenvalue weighted by Gasteiger charge is 2.24. The van der Waals surface area contributed by atoms with Gasteiger partial charge in [0.25, 0.3) is 5.91 Å². The number of fused-ring (bicyclic) bond motifs is 1. The maximum absolute atomic E-state index is 12.6. The average Bonchev–Trinajstić information content (AvgIpc) is 2.76. The van der Waals surface area contributed by atoms with Crippen molar-refractivity contribution >= 4 is 11.6 Å². The van der Waals surface area contributed by atoms with Crippen molar-refractivity contribution in [3.8, 4) is 11.5 Å². The number of nitrogen functional groups attached to an aromatic ring is 1. The SMILES string of the molecule is CN1CCCN(C(=O)c2cc3c(cc2N)OCO3)CC1. The number of likely N-dealkylation sites (N-methyl/N-ethyl adjacent to an activating group) is 1. The van der Waals surface area contributed by atoms with Crippen molar-refractivity contribution in [1.82, 2.24) is 9.80 Å². The van der Waals surface area contributed by atoms with Crippen LogP contribution in [0, 0.1) is 0 Å². The Bertz CT molecular complexity index is 533. The molecule has 2 N–H and O–H groups in total. The van der Waals surface area contributed by atoms with Crippen molar-refractivity contribution in [3.05, 3.63) is 17.7 Å². The Kier molecular flexibility index (Phi) is 3.40. The van der Waals surface area contributed by atoms with Crippen molar-refractivity contribution < 1.29 is 14.3 Å². The summed E-state index contributed by atoms with van der Waals surface area (Å²) in [5, 5.41) is 0. The standard InChI is InChI=1S/C14H19N3O3/c1-16-3-2-4-17(6-5-16)14(18)10-7-12-13(8-11(10)15)20-9-19-12/h7-8H,2-6,9,15H2,1H3. The van der Waals surface area contributed by atoms with Crippen molar-refractivity contribution in [1.29, 1.82) is 0 Å². The van der Waals surface area contributed by atoms with Crippen LogP contribution in [0.1, 0.15) is 16.8 Å². The summed E-state index contributed by atoms with van der Waals surface area (Å²) in [5.74, 6) is 1.17. The molecular formula is C14H19N3O3. The summed E-state index contributed by atoms with van der Waals surface area (Å²) in [6.45, 7) is 3.57. The number of hydrogen-bond acceptors (Lipinski definition) is 5. The molecule has 0 aliphatic carbocycles. The molecule has 2 heterocycles. The molecule has 6 nitrogen and oxygen atoms in total. The molecule has 0 radical (unpaired) electrons. The van der Waals surface area contributed by atoms with E-state index in [1.165, 1.54) is 0 Å². The van der Waals surface area contributed by atoms with Crippen LogP contribution in [0.5, 0.6) is 11.5 Å². The van der Waals surface area contributed by atoms with Gasteiger partial charge < -0.3 is 25.0 Å². The highest BCUT2D eigenvalue weighted by atomic mass is 16.7. The quantitative estimate of drug-likeness (QED) is 0.768. The topological polar surface area (TPSA) is 68.0 Å². The number of carbonyl (C=O) groups is 1. The van der Waals surface area contributed by atoms with E-state index in [0.29, 0.717) is 22.7 Å². The maximum Gasteiger partial charge on any atom is 0.256 e. The molecule has 6 heteroatoms. The van der Waals surface area contributed by atoms with Crippen LogP contribution < -0.4 is 15.2 Å². The monoisotopic (exact) mass is 277 g/mol. The number of anilines is 1. The van der Waals surface area contributed by atoms with Crippen LogP contribution in [0.3, 0.4) is 0 Å². The smallest absolute Gasteiger partial charge is 0.256 e. The molecule has 0 atom stereocenters. The third-order valence-corrected chi connectivity index (χ3v) is 3.78. The summed E-state index contributed by atoms with van der Waals surface area (Å²) in [6, 6.07) is 3.36. The Hall–Kier alpha value is -1.95. The number of rotatable bonds is 1. The Morgan fingerprint density at radius 3 is 2.70 bits per heavy atom. The van der Waals surface area contributed by atoms with Gasteiger partial charge in [0.05, 0.1) is 5.56 Å². The van der Waals surface area contributed by atoms with Crippen LogP contribution in [-0.4, -0.2) is 55.7 Å². The maximum atomic E-state index is 12.6. The molecule has 0 saturated carbocycles. The first kappa shape index (κ1) is 13.1. The number of amides is 1. The fourth-order valence-electron chi connectivity index (χ4n) is 2.56. The molecule has 20 heavy (non-hydrogen) atoms. The highest BCUT2D eigenvalue weighted by Crippen LogP contribution is 2.36. The second-order valence-corrected chi connectivity index (χ2v) is 5.24. The van der Waals surface area contributed by atoms with Crippen molar-refractivity contribution in [2.75, 3.05) is 45.8 Å². The molecule has 1 fully saturated rings. The first-order valence-corrected chi connectivity index (χ1v) is 6.82. The lowest BCUT2D eigenvalue weighted by atomic mass is 10.1. The number of ether oxygens (including phenoxy) is 2. The average molecular weight is 277 g/mol. The Morgan fingerprint density at radius 2 is 1.90 bits per heavy atom. The fourth-order valence-corrected chi connectivity index (χ4v) is 2.56. The molecule has 1 amide bonds. The Balaban J connectivity index is 1.83. The van der Waals surface area contributed by atoms with Gasteiger partial charge in [-0.2, -0.15) is 0 Å². The van der Waals surface area contributed by atoms with E-state index in [-0.39, 0.29) is 12.7 Å². The zero-order valence-electron chi connectivity index (χ0n) is 11.6. The number of benzene rings is 1. The lowest BCUT2D eigenvalue weighted by Gasteiger charge is -2.21. The van der Waals surface area contributed by atoms with E-state index in [1.54, 1.807) is 12.1 Å². The van der Waals surface area contributed by atoms with Gasteiger partial charge in [-0.25, -0.2) is 0 Å². The van der Waals surface area contributed by atoms with Gasteiger partial charge in [-0.1, -0.05) is 0 Å². The van der Waals surface area contributed by atoms with Gasteiger partial charge in [0.2, 0.25) is 6.79 Å². The lowest BCUT2D eigenvalue weighted by Crippen LogP contribution is -2.34. The molecule has 0 aromatic heterocycles. The molecule has 1 aromatic carbocycles. The number of nitrogens with zero attached hydrogens (tertiary/aromatic N) is 2. The normalized spacial score (nSPS) is 18.9. The summed E-state index contributed by atoms with van der Waals surface area (Å²) in [7, 11) is 2.07. The zero-order valence-corrected chi connectivity index (χ0v) is 11.6. The molecule has 1 saturated heterocycles. The number of nitrogens with two attached hydrogens (primary N) is 1. The second-order valence-electron chi connectivity index (χ2n) is 5.24. The Morgan fingerprint density at radius 1 is 1.15 bits per heavy atom. The predicted molar refractivity (Wildman–Crippen MR) is 75.0 cm³/mol. The lowest BCUT2D eigenvalue weighted by molar-refractivity contribution is 0.0763. The highest BCUT2D eigenvalue weighted by molar-refractivity contribution is 6.00. The first-order valence-electron chi connectivity index (χ1n) is 6.82. The molecule has 0 bridgehead atoms. The van der Waals surface area contributed by atoms with E-state index in [9.17, 15) is 4.79 Å². The fraction of sp³-hybridized carbons (Fsp3) is 0.500. The molecule has 0 unspecified atom stereocenters. The Labute approximate surface area is 118 Å². The predicted octanol–water partition coefficient (Wildman–Crippen LogP) is 0.775. The number of hydrogen-bond donors (Lipinski definition) is 1. The van der Waals surface area contributed by atoms with Gasteiger partial charge in [0, 0.05) is 31.4 Å². The summed E-state index contributed by atoms with van der Waals surface area (Å²) in [5.41, 5.74) is 6.91. The minimum Gasteiger partial charge on any atom is -0.454 e. The van der Waals surface area contributed by atoms with E-state index in [2.05, 4.69) is 11.9 Å². The van der Waals surface area contributed by atoms with Crippen molar-refractivity contribution in [2.45, 2.75) is 6.42 Å². The van der Waals surface area contributed by atoms with Crippen LogP contribution in [0.15, 0.2) is 12.1 Å². The molecule has 108 valence electrons.